The summed E-state index contributed by atoms with van der Waals surface area (Å²) < 4.78 is 13.0. The Morgan fingerprint density at radius 2 is 0.926 bits per heavy atom. The second kappa shape index (κ2) is 15.4. The van der Waals surface area contributed by atoms with Gasteiger partial charge in [0.15, 0.2) is 0 Å². The molecule has 0 radical (unpaired) electrons. The molecule has 2 N–H and O–H groups in total. The zero-order chi connectivity index (χ0) is 44.7. The van der Waals surface area contributed by atoms with Gasteiger partial charge in [0.1, 0.15) is 40.5 Å². The highest BCUT2D eigenvalue weighted by atomic mass is 16.3. The van der Waals surface area contributed by atoms with E-state index in [4.69, 9.17) is 13.8 Å². The molecule has 0 saturated carbocycles. The smallest absolute Gasteiger partial charge is 0.146 e. The highest BCUT2D eigenvalue weighted by Crippen LogP contribution is 2.44. The van der Waals surface area contributed by atoms with Crippen LogP contribution in [0.1, 0.15) is 29.0 Å². The molecule has 1 aliphatic heterocycles. The molecule has 14 rings (SSSR count). The van der Waals surface area contributed by atoms with Crippen molar-refractivity contribution in [3.8, 4) is 33.4 Å². The fourth-order valence-corrected chi connectivity index (χ4v) is 10.7. The van der Waals surface area contributed by atoms with Crippen LogP contribution in [0.3, 0.4) is 0 Å². The number of rotatable bonds is 6. The Kier molecular flexibility index (Phi) is 8.73. The summed E-state index contributed by atoms with van der Waals surface area (Å²) in [6, 6.07) is 80.1. The van der Waals surface area contributed by atoms with Crippen LogP contribution in [-0.4, -0.2) is 5.84 Å². The first kappa shape index (κ1) is 38.5. The lowest BCUT2D eigenvalue weighted by molar-refractivity contribution is 0.409. The van der Waals surface area contributed by atoms with Crippen LogP contribution < -0.4 is 10.6 Å². The number of hydrogen-bond donors (Lipinski definition) is 2. The molecule has 5 heteroatoms. The topological polar surface area (TPSA) is 62.7 Å². The van der Waals surface area contributed by atoms with Crippen LogP contribution in [-0.2, 0) is 0 Å². The van der Waals surface area contributed by atoms with E-state index in [-0.39, 0.29) is 12.3 Å². The van der Waals surface area contributed by atoms with E-state index < -0.39 is 0 Å². The Labute approximate surface area is 391 Å². The van der Waals surface area contributed by atoms with E-state index in [1.54, 1.807) is 0 Å². The van der Waals surface area contributed by atoms with Gasteiger partial charge in [0.25, 0.3) is 0 Å². The Hall–Kier alpha value is -8.77. The lowest BCUT2D eigenvalue weighted by Gasteiger charge is -2.32. The molecular weight excluding hydrogens is 831 g/mol. The third kappa shape index (κ3) is 6.17. The molecule has 0 bridgehead atoms. The van der Waals surface area contributed by atoms with Gasteiger partial charge < -0.3 is 14.2 Å². The van der Waals surface area contributed by atoms with Gasteiger partial charge in [-0.05, 0) is 102 Å². The fraction of sp³-hybridized carbons (Fsp3) is 0.0317. The van der Waals surface area contributed by atoms with Gasteiger partial charge in [0, 0.05) is 27.1 Å². The summed E-state index contributed by atoms with van der Waals surface area (Å²) in [7, 11) is 0. The molecule has 0 aliphatic carbocycles. The average Bonchev–Trinajstić information content (AvgIpc) is 4.00. The van der Waals surface area contributed by atoms with Gasteiger partial charge in [-0.1, -0.05) is 194 Å². The Morgan fingerprint density at radius 3 is 1.66 bits per heavy atom. The summed E-state index contributed by atoms with van der Waals surface area (Å²) in [4.78, 5) is 5.35. The highest BCUT2D eigenvalue weighted by molar-refractivity contribution is 6.26. The van der Waals surface area contributed by atoms with E-state index in [9.17, 15) is 0 Å². The van der Waals surface area contributed by atoms with Crippen LogP contribution in [0.15, 0.2) is 238 Å². The molecule has 0 saturated heterocycles. The molecule has 0 amide bonds. The SMILES string of the molecule is c1ccc(C2NC(c3cccc4c3oc3ccccc34)=NC(c3ccc(-c4ccc5oc6ccccc6c5c4-c4ccc(-c5ccc6c7ccccc7c7ccccc7c6c5)cc4)cc3)N2)cc1. The molecule has 320 valence electrons. The maximum absolute atomic E-state index is 6.51. The Balaban J connectivity index is 0.866. The van der Waals surface area contributed by atoms with Gasteiger partial charge in [-0.3, -0.25) is 5.32 Å². The van der Waals surface area contributed by atoms with E-state index in [1.165, 1.54) is 43.4 Å². The van der Waals surface area contributed by atoms with Crippen LogP contribution in [0.4, 0.5) is 0 Å². The lowest BCUT2D eigenvalue weighted by Crippen LogP contribution is -2.45. The standard InChI is InChI=1S/C63H41N3O2/c1-2-13-41(14-3-1)61-64-62(66-63(65-61)53-22-12-21-51-50-19-8-10-23-55(50)68-60(51)53)42-31-27-39(28-32-42)44-35-36-57-59(52-20-9-11-24-56(52)67-57)58(44)40-29-25-38(26-30-40)43-33-34-49-47-17-5-4-15-45(47)46-16-6-7-18-48(46)54(49)37-43/h1-37,61-62,64H,(H,65,66). The fourth-order valence-electron chi connectivity index (χ4n) is 10.7. The average molecular weight is 872 g/mol. The molecule has 0 spiro atoms. The molecular formula is C63H41N3O2. The first-order valence-electron chi connectivity index (χ1n) is 23.2. The monoisotopic (exact) mass is 871 g/mol. The van der Waals surface area contributed by atoms with Crippen molar-refractivity contribution in [1.29, 1.82) is 0 Å². The van der Waals surface area contributed by atoms with Crippen LogP contribution in [0.25, 0.3) is 110 Å². The van der Waals surface area contributed by atoms with Crippen LogP contribution >= 0.6 is 0 Å². The number of para-hydroxylation sites is 3. The first-order valence-corrected chi connectivity index (χ1v) is 23.2. The number of amidine groups is 1. The quantitative estimate of drug-likeness (QED) is 0.163. The lowest BCUT2D eigenvalue weighted by atomic mass is 9.89. The van der Waals surface area contributed by atoms with Crippen molar-refractivity contribution in [3.05, 3.63) is 241 Å². The summed E-state index contributed by atoms with van der Waals surface area (Å²) in [5.74, 6) is 0.782. The van der Waals surface area contributed by atoms with Crippen LogP contribution in [0.5, 0.6) is 0 Å². The van der Waals surface area contributed by atoms with Gasteiger partial charge in [0.05, 0.1) is 5.56 Å². The molecule has 2 unspecified atom stereocenters. The van der Waals surface area contributed by atoms with Crippen molar-refractivity contribution >= 4 is 82.0 Å². The van der Waals surface area contributed by atoms with E-state index in [2.05, 4.69) is 211 Å². The number of nitrogens with zero attached hydrogens (tertiary/aromatic N) is 1. The minimum atomic E-state index is -0.329. The van der Waals surface area contributed by atoms with Crippen LogP contribution in [0, 0.1) is 0 Å². The maximum Gasteiger partial charge on any atom is 0.146 e. The summed E-state index contributed by atoms with van der Waals surface area (Å²) in [5.41, 5.74) is 13.4. The summed E-state index contributed by atoms with van der Waals surface area (Å²) in [5, 5.41) is 19.5. The van der Waals surface area contributed by atoms with Gasteiger partial charge >= 0.3 is 0 Å². The Morgan fingerprint density at radius 1 is 0.353 bits per heavy atom. The molecule has 13 aromatic rings. The number of hydrogen-bond acceptors (Lipinski definition) is 5. The molecule has 1 aliphatic rings. The predicted octanol–water partition coefficient (Wildman–Crippen LogP) is 16.3. The molecule has 11 aromatic carbocycles. The number of aliphatic imine (C=N–C) groups is 1. The van der Waals surface area contributed by atoms with Crippen molar-refractivity contribution in [2.45, 2.75) is 12.3 Å². The number of furan rings is 2. The summed E-state index contributed by atoms with van der Waals surface area (Å²) in [6.45, 7) is 0. The van der Waals surface area contributed by atoms with Crippen LogP contribution in [0.2, 0.25) is 0 Å². The van der Waals surface area contributed by atoms with E-state index in [0.717, 1.165) is 88.7 Å². The summed E-state index contributed by atoms with van der Waals surface area (Å²) >= 11 is 0. The van der Waals surface area contributed by atoms with Crippen molar-refractivity contribution < 1.29 is 8.83 Å². The van der Waals surface area contributed by atoms with Crippen molar-refractivity contribution in [2.24, 2.45) is 4.99 Å². The minimum Gasteiger partial charge on any atom is -0.456 e. The number of nitrogens with one attached hydrogen (secondary N) is 2. The third-order valence-electron chi connectivity index (χ3n) is 14.0. The second-order valence-electron chi connectivity index (χ2n) is 17.8. The van der Waals surface area contributed by atoms with Crippen molar-refractivity contribution in [1.82, 2.24) is 10.6 Å². The third-order valence-corrected chi connectivity index (χ3v) is 14.0. The highest BCUT2D eigenvalue weighted by Gasteiger charge is 2.28. The molecule has 0 fully saturated rings. The molecule has 2 aromatic heterocycles. The van der Waals surface area contributed by atoms with Crippen molar-refractivity contribution in [3.63, 3.8) is 0 Å². The number of benzene rings is 11. The first-order chi connectivity index (χ1) is 33.7. The molecule has 3 heterocycles. The van der Waals surface area contributed by atoms with Gasteiger partial charge in [-0.2, -0.15) is 0 Å². The maximum atomic E-state index is 6.51. The number of fused-ring (bicyclic) bond motifs is 12. The predicted molar refractivity (Wildman–Crippen MR) is 281 cm³/mol. The largest absolute Gasteiger partial charge is 0.456 e. The van der Waals surface area contributed by atoms with Gasteiger partial charge in [-0.15, -0.1) is 0 Å². The van der Waals surface area contributed by atoms with E-state index in [1.807, 2.05) is 24.3 Å². The normalized spacial score (nSPS) is 15.2. The molecule has 5 nitrogen and oxygen atoms in total. The van der Waals surface area contributed by atoms with Gasteiger partial charge in [0.2, 0.25) is 0 Å². The van der Waals surface area contributed by atoms with E-state index >= 15 is 0 Å². The van der Waals surface area contributed by atoms with Crippen molar-refractivity contribution in [2.75, 3.05) is 0 Å². The van der Waals surface area contributed by atoms with E-state index in [0.29, 0.717) is 0 Å². The molecule has 2 atom stereocenters. The Bertz CT molecular complexity index is 4110. The zero-order valence-corrected chi connectivity index (χ0v) is 36.8. The van der Waals surface area contributed by atoms with Gasteiger partial charge in [-0.25, -0.2) is 4.99 Å². The summed E-state index contributed by atoms with van der Waals surface area (Å²) in [6.07, 6.45) is -0.516. The minimum absolute atomic E-state index is 0.187. The second-order valence-corrected chi connectivity index (χ2v) is 17.8. The molecule has 68 heavy (non-hydrogen) atoms. The zero-order valence-electron chi connectivity index (χ0n) is 36.8.